The third-order valence-corrected chi connectivity index (χ3v) is 6.12. The molecule has 1 fully saturated rings. The Morgan fingerprint density at radius 3 is 2.69 bits per heavy atom. The number of carbonyl (C=O) groups is 2. The lowest BCUT2D eigenvalue weighted by Crippen LogP contribution is -2.36. The van der Waals surface area contributed by atoms with Gasteiger partial charge in [0.25, 0.3) is 0 Å². The second-order valence-corrected chi connectivity index (χ2v) is 8.80. The molecule has 0 spiro atoms. The van der Waals surface area contributed by atoms with E-state index in [1.54, 1.807) is 36.7 Å². The van der Waals surface area contributed by atoms with E-state index in [9.17, 15) is 19.1 Å². The van der Waals surface area contributed by atoms with Crippen molar-refractivity contribution >= 4 is 28.5 Å². The van der Waals surface area contributed by atoms with Crippen molar-refractivity contribution in [1.29, 1.82) is 0 Å². The Morgan fingerprint density at radius 2 is 1.89 bits per heavy atom. The van der Waals surface area contributed by atoms with Gasteiger partial charge in [-0.2, -0.15) is 0 Å². The molecule has 1 aliphatic rings. The molecule has 4 rings (SSSR count). The fourth-order valence-electron chi connectivity index (χ4n) is 4.23. The van der Waals surface area contributed by atoms with E-state index in [1.807, 2.05) is 12.1 Å². The monoisotopic (exact) mass is 482 g/mol. The van der Waals surface area contributed by atoms with Crippen LogP contribution in [0, 0.1) is 0 Å². The molecule has 0 saturated carbocycles. The Kier molecular flexibility index (Phi) is 8.44. The fourth-order valence-corrected chi connectivity index (χ4v) is 4.23. The Morgan fingerprint density at radius 1 is 1.09 bits per heavy atom. The number of aliphatic hydroxyl groups is 1. The number of alkyl halides is 1. The number of ether oxygens (including phenoxy) is 1. The summed E-state index contributed by atoms with van der Waals surface area (Å²) < 4.78 is 19.9. The number of benzene rings is 1. The zero-order valence-corrected chi connectivity index (χ0v) is 19.7. The van der Waals surface area contributed by atoms with Crippen molar-refractivity contribution in [2.75, 3.05) is 31.6 Å². The lowest BCUT2D eigenvalue weighted by Gasteiger charge is -2.29. The van der Waals surface area contributed by atoms with Gasteiger partial charge in [0.2, 0.25) is 11.8 Å². The van der Waals surface area contributed by atoms with E-state index in [0.29, 0.717) is 23.7 Å². The van der Waals surface area contributed by atoms with Crippen molar-refractivity contribution < 1.29 is 23.8 Å². The lowest BCUT2D eigenvalue weighted by molar-refractivity contribution is -0.116. The molecule has 0 bridgehead atoms. The van der Waals surface area contributed by atoms with E-state index in [2.05, 4.69) is 15.2 Å². The predicted molar refractivity (Wildman–Crippen MR) is 132 cm³/mol. The van der Waals surface area contributed by atoms with Gasteiger partial charge < -0.3 is 20.1 Å². The van der Waals surface area contributed by atoms with Crippen molar-refractivity contribution in [1.82, 2.24) is 14.5 Å². The highest BCUT2D eigenvalue weighted by molar-refractivity contribution is 5.93. The molecule has 1 saturated heterocycles. The van der Waals surface area contributed by atoms with Crippen molar-refractivity contribution in [2.24, 2.45) is 0 Å². The van der Waals surface area contributed by atoms with Gasteiger partial charge in [0, 0.05) is 49.8 Å². The van der Waals surface area contributed by atoms with Gasteiger partial charge in [-0.1, -0.05) is 0 Å². The summed E-state index contributed by atoms with van der Waals surface area (Å²) in [5, 5.41) is 13.2. The summed E-state index contributed by atoms with van der Waals surface area (Å²) >= 11 is 0. The van der Waals surface area contributed by atoms with Gasteiger partial charge in [-0.05, 0) is 62.6 Å². The average molecular weight is 483 g/mol. The molecular weight excluding hydrogens is 451 g/mol. The molecule has 35 heavy (non-hydrogen) atoms. The number of hydrogen-bond donors (Lipinski definition) is 2. The van der Waals surface area contributed by atoms with Crippen LogP contribution in [0.15, 0.2) is 48.8 Å². The van der Waals surface area contributed by atoms with E-state index in [0.717, 1.165) is 49.8 Å². The number of pyridine rings is 1. The number of nitrogens with one attached hydrogen (secondary N) is 1. The molecule has 0 aliphatic carbocycles. The number of fused-ring (bicyclic) bond motifs is 1. The molecule has 1 amide bonds. The summed E-state index contributed by atoms with van der Waals surface area (Å²) in [5.41, 5.74) is 0.740. The highest BCUT2D eigenvalue weighted by Gasteiger charge is 2.17. The molecule has 1 aromatic carbocycles. The number of nitrogens with zero attached hydrogens (tertiary/aromatic N) is 3. The summed E-state index contributed by atoms with van der Waals surface area (Å²) in [6, 6.07) is 10.6. The molecule has 1 aliphatic heterocycles. The summed E-state index contributed by atoms with van der Waals surface area (Å²) in [4.78, 5) is 31.1. The Balaban J connectivity index is 1.30. The van der Waals surface area contributed by atoms with Crippen LogP contribution in [0.3, 0.4) is 0 Å². The second-order valence-electron chi connectivity index (χ2n) is 8.80. The van der Waals surface area contributed by atoms with Gasteiger partial charge in [-0.15, -0.1) is 0 Å². The number of rotatable bonds is 10. The highest BCUT2D eigenvalue weighted by atomic mass is 19.1. The van der Waals surface area contributed by atoms with Crippen molar-refractivity contribution in [2.45, 2.75) is 44.6 Å². The minimum atomic E-state index is -0.512. The van der Waals surface area contributed by atoms with Crippen LogP contribution in [0.25, 0.3) is 10.9 Å². The van der Waals surface area contributed by atoms with E-state index >= 15 is 0 Å². The number of hydrogen-bond acceptors (Lipinski definition) is 6. The fraction of sp³-hybridized carbons (Fsp3) is 0.423. The SMILES string of the molecule is O=C(CCCN1CCC(O)CC1)Nc1cc(Oc2ccc3c(ccn3C(=O)CCCF)c2)ccn1. The number of aromatic nitrogens is 2. The molecule has 3 aromatic rings. The molecule has 186 valence electrons. The number of anilines is 1. The number of carbonyl (C=O) groups excluding carboxylic acids is 2. The van der Waals surface area contributed by atoms with E-state index in [1.165, 1.54) is 4.57 Å². The van der Waals surface area contributed by atoms with Crippen LogP contribution in [-0.4, -0.2) is 63.8 Å². The molecule has 8 nitrogen and oxygen atoms in total. The summed E-state index contributed by atoms with van der Waals surface area (Å²) in [5.74, 6) is 1.28. The third-order valence-electron chi connectivity index (χ3n) is 6.12. The minimum Gasteiger partial charge on any atom is -0.457 e. The largest absolute Gasteiger partial charge is 0.457 e. The molecular formula is C26H31FN4O4. The topological polar surface area (TPSA) is 96.7 Å². The van der Waals surface area contributed by atoms with Gasteiger partial charge in [-0.3, -0.25) is 18.5 Å². The van der Waals surface area contributed by atoms with Gasteiger partial charge >= 0.3 is 0 Å². The van der Waals surface area contributed by atoms with Gasteiger partial charge in [0.15, 0.2) is 0 Å². The Bertz CT molecular complexity index is 1160. The number of amides is 1. The molecule has 9 heteroatoms. The van der Waals surface area contributed by atoms with Crippen LogP contribution < -0.4 is 10.1 Å². The van der Waals surface area contributed by atoms with E-state index in [4.69, 9.17) is 4.74 Å². The molecule has 2 aromatic heterocycles. The Hall–Kier alpha value is -3.30. The van der Waals surface area contributed by atoms with Crippen LogP contribution in [0.1, 0.15) is 43.3 Å². The maximum atomic E-state index is 12.4. The Labute approximate surface area is 203 Å². The number of piperidine rings is 1. The maximum Gasteiger partial charge on any atom is 0.231 e. The molecule has 0 atom stereocenters. The zero-order chi connectivity index (χ0) is 24.6. The molecule has 3 heterocycles. The normalized spacial score (nSPS) is 14.8. The zero-order valence-electron chi connectivity index (χ0n) is 19.7. The average Bonchev–Trinajstić information content (AvgIpc) is 3.27. The predicted octanol–water partition coefficient (Wildman–Crippen LogP) is 4.39. The van der Waals surface area contributed by atoms with Crippen LogP contribution in [-0.2, 0) is 4.79 Å². The van der Waals surface area contributed by atoms with Crippen molar-refractivity contribution in [3.8, 4) is 11.5 Å². The summed E-state index contributed by atoms with van der Waals surface area (Å²) in [6.07, 6.45) is 6.15. The first-order chi connectivity index (χ1) is 17.0. The quantitative estimate of drug-likeness (QED) is 0.445. The minimum absolute atomic E-state index is 0.105. The van der Waals surface area contributed by atoms with Gasteiger partial charge in [-0.25, -0.2) is 4.98 Å². The first-order valence-electron chi connectivity index (χ1n) is 12.1. The number of aliphatic hydroxyl groups excluding tert-OH is 1. The smallest absolute Gasteiger partial charge is 0.231 e. The van der Waals surface area contributed by atoms with E-state index in [-0.39, 0.29) is 30.8 Å². The maximum absolute atomic E-state index is 12.4. The van der Waals surface area contributed by atoms with Crippen LogP contribution in [0.5, 0.6) is 11.5 Å². The van der Waals surface area contributed by atoms with Crippen molar-refractivity contribution in [3.05, 3.63) is 48.8 Å². The lowest BCUT2D eigenvalue weighted by atomic mass is 10.1. The molecule has 0 radical (unpaired) electrons. The second kappa shape index (κ2) is 11.9. The summed E-state index contributed by atoms with van der Waals surface area (Å²) in [7, 11) is 0. The van der Waals surface area contributed by atoms with Gasteiger partial charge in [0.1, 0.15) is 17.3 Å². The first kappa shape index (κ1) is 24.8. The number of halogens is 1. The van der Waals surface area contributed by atoms with Crippen LogP contribution in [0.4, 0.5) is 10.2 Å². The number of likely N-dealkylation sites (tertiary alicyclic amines) is 1. The highest BCUT2D eigenvalue weighted by Crippen LogP contribution is 2.27. The van der Waals surface area contributed by atoms with E-state index < -0.39 is 6.67 Å². The third kappa shape index (κ3) is 6.86. The van der Waals surface area contributed by atoms with Crippen LogP contribution >= 0.6 is 0 Å². The standard InChI is InChI=1S/C26H31FN4O4/c27-11-1-4-26(34)31-16-8-19-17-21(5-6-23(19)31)35-22-7-12-28-24(18-22)29-25(33)3-2-13-30-14-9-20(32)10-15-30/h5-8,12,16-18,20,32H,1-4,9-11,13-15H2,(H,28,29,33). The first-order valence-corrected chi connectivity index (χ1v) is 12.1. The van der Waals surface area contributed by atoms with Gasteiger partial charge in [0.05, 0.1) is 18.3 Å². The summed E-state index contributed by atoms with van der Waals surface area (Å²) in [6.45, 7) is 2.06. The molecule has 0 unspecified atom stereocenters. The van der Waals surface area contributed by atoms with Crippen LogP contribution in [0.2, 0.25) is 0 Å². The molecule has 2 N–H and O–H groups in total. The van der Waals surface area contributed by atoms with Crippen molar-refractivity contribution in [3.63, 3.8) is 0 Å².